The first kappa shape index (κ1) is 12.1. The van der Waals surface area contributed by atoms with Gasteiger partial charge in [0.2, 0.25) is 0 Å². The first-order valence-corrected chi connectivity index (χ1v) is 4.95. The van der Waals surface area contributed by atoms with Crippen molar-refractivity contribution in [3.8, 4) is 0 Å². The summed E-state index contributed by atoms with van der Waals surface area (Å²) in [6, 6.07) is 12.7. The van der Waals surface area contributed by atoms with Gasteiger partial charge in [0.1, 0.15) is 0 Å². The van der Waals surface area contributed by atoms with Gasteiger partial charge in [-0.15, -0.1) is 0 Å². The van der Waals surface area contributed by atoms with Gasteiger partial charge < -0.3 is 5.73 Å². The van der Waals surface area contributed by atoms with Gasteiger partial charge >= 0.3 is 0 Å². The molecule has 0 radical (unpaired) electrons. The fourth-order valence-corrected chi connectivity index (χ4v) is 1.25. The Morgan fingerprint density at radius 1 is 1.00 bits per heavy atom. The zero-order valence-corrected chi connectivity index (χ0v) is 9.13. The number of nitrogens with two attached hydrogens (primary N) is 1. The minimum Gasteiger partial charge on any atom is -0.333 e. The number of pyridine rings is 1. The summed E-state index contributed by atoms with van der Waals surface area (Å²) in [5.74, 6) is 0.0127. The van der Waals surface area contributed by atoms with E-state index in [9.17, 15) is 4.79 Å². The summed E-state index contributed by atoms with van der Waals surface area (Å²) in [4.78, 5) is 15.7. The van der Waals surface area contributed by atoms with Crippen LogP contribution in [0.3, 0.4) is 0 Å². The average molecular weight is 214 g/mol. The Balaban J connectivity index is 0.000000606. The molecule has 1 heterocycles. The van der Waals surface area contributed by atoms with Crippen LogP contribution in [0.5, 0.6) is 0 Å². The Morgan fingerprint density at radius 3 is 2.19 bits per heavy atom. The lowest BCUT2D eigenvalue weighted by Crippen LogP contribution is -2.00. The molecule has 2 N–H and O–H groups in total. The smallest absolute Gasteiger partial charge is 0.194 e. The molecule has 0 saturated carbocycles. The van der Waals surface area contributed by atoms with Gasteiger partial charge in [-0.05, 0) is 19.2 Å². The van der Waals surface area contributed by atoms with Crippen LogP contribution in [0.15, 0.2) is 54.9 Å². The van der Waals surface area contributed by atoms with E-state index in [-0.39, 0.29) is 5.78 Å². The first-order valence-electron chi connectivity index (χ1n) is 4.95. The Morgan fingerprint density at radius 2 is 1.62 bits per heavy atom. The van der Waals surface area contributed by atoms with Crippen molar-refractivity contribution >= 4 is 5.78 Å². The zero-order valence-electron chi connectivity index (χ0n) is 9.13. The van der Waals surface area contributed by atoms with E-state index < -0.39 is 0 Å². The van der Waals surface area contributed by atoms with Crippen LogP contribution in [0.25, 0.3) is 0 Å². The molecule has 0 unspecified atom stereocenters. The van der Waals surface area contributed by atoms with E-state index in [1.54, 1.807) is 36.7 Å². The van der Waals surface area contributed by atoms with Crippen LogP contribution in [0.2, 0.25) is 0 Å². The standard InChI is InChI=1S/C12H9NO.CH5N/c14-12(10-5-2-1-3-6-10)11-7-4-8-13-9-11;1-2/h1-9H;2H2,1H3. The molecule has 0 spiro atoms. The number of nitrogens with zero attached hydrogens (tertiary/aromatic N) is 1. The van der Waals surface area contributed by atoms with Crippen LogP contribution in [-0.4, -0.2) is 17.8 Å². The van der Waals surface area contributed by atoms with E-state index >= 15 is 0 Å². The molecule has 0 amide bonds. The number of ketones is 1. The van der Waals surface area contributed by atoms with E-state index in [0.717, 1.165) is 0 Å². The Hall–Kier alpha value is -2.00. The summed E-state index contributed by atoms with van der Waals surface area (Å²) in [6.45, 7) is 0. The highest BCUT2D eigenvalue weighted by Gasteiger charge is 2.06. The van der Waals surface area contributed by atoms with Crippen molar-refractivity contribution in [2.24, 2.45) is 5.73 Å². The molecule has 82 valence electrons. The summed E-state index contributed by atoms with van der Waals surface area (Å²) in [6.07, 6.45) is 3.23. The van der Waals surface area contributed by atoms with Gasteiger partial charge in [0.05, 0.1) is 0 Å². The highest BCUT2D eigenvalue weighted by Crippen LogP contribution is 2.07. The Bertz CT molecular complexity index is 385. The maximum atomic E-state index is 11.8. The zero-order chi connectivity index (χ0) is 11.8. The number of hydrogen-bond donors (Lipinski definition) is 1. The second-order valence-electron chi connectivity index (χ2n) is 2.94. The lowest BCUT2D eigenvalue weighted by molar-refractivity contribution is 0.103. The van der Waals surface area contributed by atoms with Crippen LogP contribution >= 0.6 is 0 Å². The highest BCUT2D eigenvalue weighted by atomic mass is 16.1. The van der Waals surface area contributed by atoms with Crippen molar-refractivity contribution in [2.45, 2.75) is 0 Å². The van der Waals surface area contributed by atoms with Crippen LogP contribution < -0.4 is 5.73 Å². The molecule has 0 fully saturated rings. The molecule has 0 aliphatic heterocycles. The fraction of sp³-hybridized carbons (Fsp3) is 0.0769. The predicted octanol–water partition coefficient (Wildman–Crippen LogP) is 1.89. The monoisotopic (exact) mass is 214 g/mol. The topological polar surface area (TPSA) is 56.0 Å². The van der Waals surface area contributed by atoms with E-state index in [0.29, 0.717) is 11.1 Å². The maximum Gasteiger partial charge on any atom is 0.194 e. The normalized spacial score (nSPS) is 8.88. The molecule has 1 aromatic carbocycles. The van der Waals surface area contributed by atoms with E-state index in [2.05, 4.69) is 10.7 Å². The largest absolute Gasteiger partial charge is 0.333 e. The second-order valence-corrected chi connectivity index (χ2v) is 2.94. The first-order chi connectivity index (χ1) is 7.88. The van der Waals surface area contributed by atoms with Gasteiger partial charge in [-0.2, -0.15) is 0 Å². The van der Waals surface area contributed by atoms with Gasteiger partial charge in [-0.25, -0.2) is 0 Å². The molecule has 0 atom stereocenters. The van der Waals surface area contributed by atoms with Crippen molar-refractivity contribution in [2.75, 3.05) is 7.05 Å². The van der Waals surface area contributed by atoms with Crippen LogP contribution in [0.1, 0.15) is 15.9 Å². The van der Waals surface area contributed by atoms with Crippen LogP contribution in [0, 0.1) is 0 Å². The third-order valence-corrected chi connectivity index (χ3v) is 1.96. The summed E-state index contributed by atoms with van der Waals surface area (Å²) in [5, 5.41) is 0. The lowest BCUT2D eigenvalue weighted by atomic mass is 10.1. The molecule has 0 aliphatic carbocycles. The molecule has 0 aliphatic rings. The molecule has 1 aromatic heterocycles. The molecule has 16 heavy (non-hydrogen) atoms. The average Bonchev–Trinajstić information content (AvgIpc) is 2.42. The number of hydrogen-bond acceptors (Lipinski definition) is 3. The third kappa shape index (κ3) is 3.00. The number of aromatic nitrogens is 1. The number of rotatable bonds is 2. The molecule has 2 rings (SSSR count). The molecule has 3 heteroatoms. The van der Waals surface area contributed by atoms with E-state index in [4.69, 9.17) is 0 Å². The minimum atomic E-state index is 0.0127. The van der Waals surface area contributed by atoms with Crippen molar-refractivity contribution in [1.82, 2.24) is 4.98 Å². The number of carbonyl (C=O) groups is 1. The quantitative estimate of drug-likeness (QED) is 0.777. The summed E-state index contributed by atoms with van der Waals surface area (Å²) >= 11 is 0. The molecule has 0 bridgehead atoms. The SMILES string of the molecule is CN.O=C(c1ccccc1)c1cccnc1. The van der Waals surface area contributed by atoms with Crippen molar-refractivity contribution in [3.05, 3.63) is 66.0 Å². The van der Waals surface area contributed by atoms with Gasteiger partial charge in [-0.1, -0.05) is 30.3 Å². The third-order valence-electron chi connectivity index (χ3n) is 1.96. The van der Waals surface area contributed by atoms with Gasteiger partial charge in [0, 0.05) is 23.5 Å². The number of carbonyl (C=O) groups excluding carboxylic acids is 1. The van der Waals surface area contributed by atoms with E-state index in [1.165, 1.54) is 7.05 Å². The predicted molar refractivity (Wildman–Crippen MR) is 64.2 cm³/mol. The van der Waals surface area contributed by atoms with Crippen molar-refractivity contribution in [1.29, 1.82) is 0 Å². The molecular formula is C13H14N2O. The van der Waals surface area contributed by atoms with Gasteiger partial charge in [0.25, 0.3) is 0 Å². The second kappa shape index (κ2) is 6.48. The maximum absolute atomic E-state index is 11.8. The summed E-state index contributed by atoms with van der Waals surface area (Å²) < 4.78 is 0. The highest BCUT2D eigenvalue weighted by molar-refractivity contribution is 6.08. The van der Waals surface area contributed by atoms with E-state index in [1.807, 2.05) is 18.2 Å². The molecular weight excluding hydrogens is 200 g/mol. The molecule has 3 nitrogen and oxygen atoms in total. The van der Waals surface area contributed by atoms with Crippen LogP contribution in [0.4, 0.5) is 0 Å². The Kier molecular flexibility index (Phi) is 4.89. The lowest BCUT2D eigenvalue weighted by Gasteiger charge is -1.98. The van der Waals surface area contributed by atoms with Crippen molar-refractivity contribution in [3.63, 3.8) is 0 Å². The summed E-state index contributed by atoms with van der Waals surface area (Å²) in [7, 11) is 1.50. The number of benzene rings is 1. The van der Waals surface area contributed by atoms with Crippen molar-refractivity contribution < 1.29 is 4.79 Å². The van der Waals surface area contributed by atoms with Gasteiger partial charge in [-0.3, -0.25) is 9.78 Å². The summed E-state index contributed by atoms with van der Waals surface area (Å²) in [5.41, 5.74) is 5.82. The van der Waals surface area contributed by atoms with Gasteiger partial charge in [0.15, 0.2) is 5.78 Å². The van der Waals surface area contributed by atoms with Crippen LogP contribution in [-0.2, 0) is 0 Å². The minimum absolute atomic E-state index is 0.0127. The molecule has 2 aromatic rings. The fourth-order valence-electron chi connectivity index (χ4n) is 1.25. The Labute approximate surface area is 94.9 Å². The molecule has 0 saturated heterocycles.